The Hall–Kier alpha value is -0.940. The molecule has 2 aliphatic rings. The second kappa shape index (κ2) is 2.80. The van der Waals surface area contributed by atoms with Crippen LogP contribution in [0.3, 0.4) is 0 Å². The van der Waals surface area contributed by atoms with Gasteiger partial charge >= 0.3 is 0 Å². The molecular formula is C10H11NO3S. The van der Waals surface area contributed by atoms with Crippen LogP contribution in [0.1, 0.15) is 12.1 Å². The van der Waals surface area contributed by atoms with Crippen LogP contribution in [0.15, 0.2) is 24.4 Å². The molecule has 4 nitrogen and oxygen atoms in total. The summed E-state index contributed by atoms with van der Waals surface area (Å²) in [6.45, 7) is 0. The van der Waals surface area contributed by atoms with Gasteiger partial charge in [0, 0.05) is 6.20 Å². The van der Waals surface area contributed by atoms with E-state index >= 15 is 0 Å². The lowest BCUT2D eigenvalue weighted by Crippen LogP contribution is -2.30. The number of rotatable bonds is 1. The lowest BCUT2D eigenvalue weighted by molar-refractivity contribution is 0.290. The highest BCUT2D eigenvalue weighted by Gasteiger charge is 2.62. The molecule has 0 unspecified atom stereocenters. The molecule has 2 fully saturated rings. The van der Waals surface area contributed by atoms with Crippen LogP contribution in [0.4, 0.5) is 0 Å². The van der Waals surface area contributed by atoms with Crippen molar-refractivity contribution < 1.29 is 13.2 Å². The number of aromatic nitrogens is 1. The van der Waals surface area contributed by atoms with Crippen molar-refractivity contribution in [1.82, 2.24) is 4.98 Å². The zero-order valence-corrected chi connectivity index (χ0v) is 8.90. The Morgan fingerprint density at radius 1 is 1.47 bits per heavy atom. The Kier molecular flexibility index (Phi) is 1.73. The van der Waals surface area contributed by atoms with Gasteiger partial charge in [0.2, 0.25) is 0 Å². The summed E-state index contributed by atoms with van der Waals surface area (Å²) in [6, 6.07) is 5.65. The van der Waals surface area contributed by atoms with Gasteiger partial charge in [-0.3, -0.25) is 4.98 Å². The highest BCUT2D eigenvalue weighted by molar-refractivity contribution is 7.91. The zero-order chi connectivity index (χ0) is 10.5. The fourth-order valence-corrected chi connectivity index (χ4v) is 3.78. The first kappa shape index (κ1) is 9.30. The minimum Gasteiger partial charge on any atom is -0.358 e. The van der Waals surface area contributed by atoms with Crippen molar-refractivity contribution in [2.75, 3.05) is 11.5 Å². The summed E-state index contributed by atoms with van der Waals surface area (Å²) in [7, 11) is -2.89. The standard InChI is InChI=1S/C10H11NO3S/c12-15(13)6-4-10(9(7-15)14-10)8-3-1-2-5-11-8/h1-3,5,9H,4,6-7H2/t9-,10-/m1/s1. The molecule has 0 radical (unpaired) electrons. The van der Waals surface area contributed by atoms with E-state index in [1.54, 1.807) is 6.20 Å². The molecule has 3 heterocycles. The molecule has 0 aromatic carbocycles. The second-order valence-corrected chi connectivity index (χ2v) is 6.30. The number of nitrogens with zero attached hydrogens (tertiary/aromatic N) is 1. The van der Waals surface area contributed by atoms with Crippen LogP contribution in [0.2, 0.25) is 0 Å². The Morgan fingerprint density at radius 3 is 3.00 bits per heavy atom. The Balaban J connectivity index is 1.93. The molecule has 0 aliphatic carbocycles. The van der Waals surface area contributed by atoms with Crippen LogP contribution < -0.4 is 0 Å². The summed E-state index contributed by atoms with van der Waals surface area (Å²) in [5, 5.41) is 0. The molecular weight excluding hydrogens is 214 g/mol. The highest BCUT2D eigenvalue weighted by Crippen LogP contribution is 2.51. The number of pyridine rings is 1. The second-order valence-electron chi connectivity index (χ2n) is 4.08. The molecule has 0 amide bonds. The number of hydrogen-bond acceptors (Lipinski definition) is 4. The summed E-state index contributed by atoms with van der Waals surface area (Å²) < 4.78 is 28.3. The molecule has 80 valence electrons. The van der Waals surface area contributed by atoms with Crippen molar-refractivity contribution >= 4 is 9.84 Å². The maximum atomic E-state index is 11.4. The summed E-state index contributed by atoms with van der Waals surface area (Å²) in [5.41, 5.74) is 0.469. The maximum Gasteiger partial charge on any atom is 0.153 e. The smallest absolute Gasteiger partial charge is 0.153 e. The van der Waals surface area contributed by atoms with Crippen LogP contribution in [-0.2, 0) is 20.2 Å². The number of fused-ring (bicyclic) bond motifs is 1. The molecule has 0 N–H and O–H groups in total. The monoisotopic (exact) mass is 225 g/mol. The van der Waals surface area contributed by atoms with Crippen molar-refractivity contribution in [3.8, 4) is 0 Å². The highest BCUT2D eigenvalue weighted by atomic mass is 32.2. The van der Waals surface area contributed by atoms with E-state index in [0.29, 0.717) is 6.42 Å². The number of ether oxygens (including phenoxy) is 1. The van der Waals surface area contributed by atoms with Gasteiger partial charge in [-0.1, -0.05) is 6.07 Å². The third kappa shape index (κ3) is 1.38. The summed E-state index contributed by atoms with van der Waals surface area (Å²) in [4.78, 5) is 4.24. The van der Waals surface area contributed by atoms with E-state index in [9.17, 15) is 8.42 Å². The van der Waals surface area contributed by atoms with E-state index in [0.717, 1.165) is 5.69 Å². The minimum absolute atomic E-state index is 0.142. The van der Waals surface area contributed by atoms with E-state index in [-0.39, 0.29) is 17.6 Å². The molecule has 0 bridgehead atoms. The van der Waals surface area contributed by atoms with Gasteiger partial charge in [-0.15, -0.1) is 0 Å². The normalized spacial score (nSPS) is 36.9. The van der Waals surface area contributed by atoms with E-state index in [1.165, 1.54) is 0 Å². The molecule has 3 rings (SSSR count). The molecule has 1 aromatic rings. The van der Waals surface area contributed by atoms with Gasteiger partial charge < -0.3 is 4.74 Å². The average molecular weight is 225 g/mol. The van der Waals surface area contributed by atoms with Gasteiger partial charge in [0.05, 0.1) is 17.2 Å². The molecule has 0 saturated carbocycles. The van der Waals surface area contributed by atoms with E-state index in [1.807, 2.05) is 18.2 Å². The van der Waals surface area contributed by atoms with E-state index in [2.05, 4.69) is 4.98 Å². The molecule has 2 atom stereocenters. The Morgan fingerprint density at radius 2 is 2.33 bits per heavy atom. The molecule has 2 aliphatic heterocycles. The van der Waals surface area contributed by atoms with Gasteiger partial charge in [-0.05, 0) is 18.6 Å². The first-order valence-corrected chi connectivity index (χ1v) is 6.74. The fourth-order valence-electron chi connectivity index (χ4n) is 2.20. The van der Waals surface area contributed by atoms with Crippen LogP contribution in [0, 0.1) is 0 Å². The first-order valence-electron chi connectivity index (χ1n) is 4.92. The summed E-state index contributed by atoms with van der Waals surface area (Å²) in [6.07, 6.45) is 2.08. The van der Waals surface area contributed by atoms with E-state index < -0.39 is 15.4 Å². The molecule has 2 saturated heterocycles. The van der Waals surface area contributed by atoms with Crippen molar-refractivity contribution in [2.45, 2.75) is 18.1 Å². The number of epoxide rings is 1. The molecule has 1 aromatic heterocycles. The third-order valence-electron chi connectivity index (χ3n) is 3.10. The van der Waals surface area contributed by atoms with Crippen molar-refractivity contribution in [3.05, 3.63) is 30.1 Å². The predicted octanol–water partition coefficient (Wildman–Crippen LogP) is 0.494. The van der Waals surface area contributed by atoms with Gasteiger partial charge in [0.25, 0.3) is 0 Å². The third-order valence-corrected chi connectivity index (χ3v) is 4.74. The van der Waals surface area contributed by atoms with Gasteiger partial charge in [0.15, 0.2) is 9.84 Å². The number of hydrogen-bond donors (Lipinski definition) is 0. The van der Waals surface area contributed by atoms with E-state index in [4.69, 9.17) is 4.74 Å². The van der Waals surface area contributed by atoms with Crippen LogP contribution in [0.5, 0.6) is 0 Å². The lowest BCUT2D eigenvalue weighted by Gasteiger charge is -2.16. The first-order chi connectivity index (χ1) is 7.12. The van der Waals surface area contributed by atoms with Crippen molar-refractivity contribution in [1.29, 1.82) is 0 Å². The number of sulfone groups is 1. The predicted molar refractivity (Wildman–Crippen MR) is 54.1 cm³/mol. The van der Waals surface area contributed by atoms with Crippen LogP contribution in [0.25, 0.3) is 0 Å². The topological polar surface area (TPSA) is 59.6 Å². The lowest BCUT2D eigenvalue weighted by atomic mass is 9.98. The van der Waals surface area contributed by atoms with Crippen molar-refractivity contribution in [3.63, 3.8) is 0 Å². The summed E-state index contributed by atoms with van der Waals surface area (Å²) in [5.74, 6) is 0.351. The zero-order valence-electron chi connectivity index (χ0n) is 8.09. The Bertz CT molecular complexity index is 485. The minimum atomic E-state index is -2.89. The van der Waals surface area contributed by atoms with Crippen LogP contribution >= 0.6 is 0 Å². The van der Waals surface area contributed by atoms with Crippen molar-refractivity contribution in [2.24, 2.45) is 0 Å². The maximum absolute atomic E-state index is 11.4. The van der Waals surface area contributed by atoms with Gasteiger partial charge in [0.1, 0.15) is 11.7 Å². The largest absolute Gasteiger partial charge is 0.358 e. The quantitative estimate of drug-likeness (QED) is 0.653. The SMILES string of the molecule is O=S1(=O)CC[C@]2(c3ccccn3)O[C@@H]2C1. The summed E-state index contributed by atoms with van der Waals surface area (Å²) >= 11 is 0. The fraction of sp³-hybridized carbons (Fsp3) is 0.500. The molecule has 15 heavy (non-hydrogen) atoms. The average Bonchev–Trinajstić information content (AvgIpc) is 2.92. The van der Waals surface area contributed by atoms with Crippen LogP contribution in [-0.4, -0.2) is 31.0 Å². The molecule has 5 heteroatoms. The Labute approximate surface area is 88.2 Å². The van der Waals surface area contributed by atoms with Gasteiger partial charge in [-0.2, -0.15) is 0 Å². The molecule has 0 spiro atoms. The van der Waals surface area contributed by atoms with Gasteiger partial charge in [-0.25, -0.2) is 8.42 Å².